The molecule has 2 aromatic rings. The van der Waals surface area contributed by atoms with Gasteiger partial charge in [-0.15, -0.1) is 0 Å². The van der Waals surface area contributed by atoms with E-state index in [1.54, 1.807) is 6.07 Å². The molecule has 0 saturated carbocycles. The van der Waals surface area contributed by atoms with Crippen molar-refractivity contribution in [3.63, 3.8) is 0 Å². The summed E-state index contributed by atoms with van der Waals surface area (Å²) in [7, 11) is 0. The van der Waals surface area contributed by atoms with E-state index in [2.05, 4.69) is 17.1 Å². The Labute approximate surface area is 134 Å². The zero-order chi connectivity index (χ0) is 16.1. The number of carbonyl (C=O) groups excluding carboxylic acids is 1. The lowest BCUT2D eigenvalue weighted by Gasteiger charge is -2.28. The van der Waals surface area contributed by atoms with Crippen LogP contribution in [0.3, 0.4) is 0 Å². The molecule has 0 aliphatic carbocycles. The predicted octanol–water partition coefficient (Wildman–Crippen LogP) is 1.85. The van der Waals surface area contributed by atoms with Crippen molar-refractivity contribution < 1.29 is 9.53 Å². The van der Waals surface area contributed by atoms with E-state index in [4.69, 9.17) is 4.74 Å². The van der Waals surface area contributed by atoms with Gasteiger partial charge in [0.05, 0.1) is 18.2 Å². The maximum Gasteiger partial charge on any atom is 0.255 e. The second-order valence-electron chi connectivity index (χ2n) is 5.69. The number of H-pyrrole nitrogens is 1. The SMILES string of the molecule is O=C(c1ccc(=O)[nH]c1)N(CCc1ccccc1)[C@H]1CCOC1. The van der Waals surface area contributed by atoms with Crippen LogP contribution in [0.2, 0.25) is 0 Å². The van der Waals surface area contributed by atoms with Gasteiger partial charge in [-0.3, -0.25) is 9.59 Å². The van der Waals surface area contributed by atoms with Crippen LogP contribution in [0.1, 0.15) is 22.3 Å². The van der Waals surface area contributed by atoms with Gasteiger partial charge in [0.15, 0.2) is 0 Å². The van der Waals surface area contributed by atoms with Crippen LogP contribution >= 0.6 is 0 Å². The summed E-state index contributed by atoms with van der Waals surface area (Å²) in [6.45, 7) is 1.89. The molecule has 23 heavy (non-hydrogen) atoms. The van der Waals surface area contributed by atoms with Crippen LogP contribution in [-0.2, 0) is 11.2 Å². The third-order valence-corrected chi connectivity index (χ3v) is 4.12. The monoisotopic (exact) mass is 312 g/mol. The molecule has 5 heteroatoms. The van der Waals surface area contributed by atoms with E-state index in [-0.39, 0.29) is 17.5 Å². The van der Waals surface area contributed by atoms with Gasteiger partial charge in [0.2, 0.25) is 5.56 Å². The van der Waals surface area contributed by atoms with Crippen molar-refractivity contribution in [3.8, 4) is 0 Å². The first-order valence-electron chi connectivity index (χ1n) is 7.85. The zero-order valence-electron chi connectivity index (χ0n) is 12.9. The number of hydrogen-bond acceptors (Lipinski definition) is 3. The number of benzene rings is 1. The summed E-state index contributed by atoms with van der Waals surface area (Å²) in [6, 6.07) is 13.2. The van der Waals surface area contributed by atoms with Gasteiger partial charge in [-0.2, -0.15) is 0 Å². The number of ether oxygens (including phenoxy) is 1. The van der Waals surface area contributed by atoms with Crippen LogP contribution in [0.15, 0.2) is 53.5 Å². The number of pyridine rings is 1. The Morgan fingerprint density at radius 2 is 2.04 bits per heavy atom. The van der Waals surface area contributed by atoms with Crippen molar-refractivity contribution >= 4 is 5.91 Å². The summed E-state index contributed by atoms with van der Waals surface area (Å²) in [5.41, 5.74) is 1.50. The summed E-state index contributed by atoms with van der Waals surface area (Å²) < 4.78 is 5.44. The van der Waals surface area contributed by atoms with Crippen LogP contribution in [-0.4, -0.2) is 41.6 Å². The fourth-order valence-electron chi connectivity index (χ4n) is 2.82. The molecule has 1 aromatic carbocycles. The van der Waals surface area contributed by atoms with Gasteiger partial charge in [0, 0.05) is 25.4 Å². The second kappa shape index (κ2) is 7.24. The smallest absolute Gasteiger partial charge is 0.255 e. The Kier molecular flexibility index (Phi) is 4.88. The van der Waals surface area contributed by atoms with Crippen molar-refractivity contribution in [3.05, 3.63) is 70.1 Å². The summed E-state index contributed by atoms with van der Waals surface area (Å²) in [5.74, 6) is -0.0623. The molecule has 2 heterocycles. The van der Waals surface area contributed by atoms with Crippen LogP contribution < -0.4 is 5.56 Å². The molecule has 1 aliphatic heterocycles. The maximum absolute atomic E-state index is 12.8. The highest BCUT2D eigenvalue weighted by molar-refractivity contribution is 5.94. The molecule has 1 aliphatic rings. The van der Waals surface area contributed by atoms with Crippen molar-refractivity contribution in [2.75, 3.05) is 19.8 Å². The van der Waals surface area contributed by atoms with Gasteiger partial charge < -0.3 is 14.6 Å². The number of aromatic nitrogens is 1. The van der Waals surface area contributed by atoms with E-state index in [1.165, 1.54) is 17.8 Å². The Hall–Kier alpha value is -2.40. The van der Waals surface area contributed by atoms with Crippen molar-refractivity contribution in [1.29, 1.82) is 0 Å². The molecule has 1 N–H and O–H groups in total. The van der Waals surface area contributed by atoms with Crippen LogP contribution in [0, 0.1) is 0 Å². The fraction of sp³-hybridized carbons (Fsp3) is 0.333. The van der Waals surface area contributed by atoms with Crippen LogP contribution in [0.5, 0.6) is 0 Å². The summed E-state index contributed by atoms with van der Waals surface area (Å²) in [5, 5.41) is 0. The van der Waals surface area contributed by atoms with Crippen LogP contribution in [0.25, 0.3) is 0 Å². The van der Waals surface area contributed by atoms with Crippen molar-refractivity contribution in [2.24, 2.45) is 0 Å². The standard InChI is InChI=1S/C18H20N2O3/c21-17-7-6-15(12-19-17)18(22)20(16-9-11-23-13-16)10-8-14-4-2-1-3-5-14/h1-7,12,16H,8-11,13H2,(H,19,21)/t16-/m0/s1. The number of hydrogen-bond donors (Lipinski definition) is 1. The highest BCUT2D eigenvalue weighted by Gasteiger charge is 2.27. The number of carbonyl (C=O) groups is 1. The molecule has 1 amide bonds. The molecule has 0 spiro atoms. The number of aromatic amines is 1. The molecule has 0 radical (unpaired) electrons. The van der Waals surface area contributed by atoms with Gasteiger partial charge in [-0.05, 0) is 24.5 Å². The molecule has 1 atom stereocenters. The molecule has 0 bridgehead atoms. The number of rotatable bonds is 5. The maximum atomic E-state index is 12.8. The van der Waals surface area contributed by atoms with Gasteiger partial charge in [-0.1, -0.05) is 30.3 Å². The van der Waals surface area contributed by atoms with Gasteiger partial charge in [-0.25, -0.2) is 0 Å². The van der Waals surface area contributed by atoms with E-state index in [0.717, 1.165) is 12.8 Å². The lowest BCUT2D eigenvalue weighted by Crippen LogP contribution is -2.42. The molecule has 0 unspecified atom stereocenters. The molecule has 3 rings (SSSR count). The van der Waals surface area contributed by atoms with Gasteiger partial charge >= 0.3 is 0 Å². The number of amides is 1. The summed E-state index contributed by atoms with van der Waals surface area (Å²) in [6.07, 6.45) is 3.13. The fourth-order valence-corrected chi connectivity index (χ4v) is 2.82. The first-order valence-corrected chi connectivity index (χ1v) is 7.85. The van der Waals surface area contributed by atoms with E-state index >= 15 is 0 Å². The Bertz CT molecular complexity index is 685. The van der Waals surface area contributed by atoms with Crippen molar-refractivity contribution in [2.45, 2.75) is 18.9 Å². The lowest BCUT2D eigenvalue weighted by molar-refractivity contribution is 0.0656. The van der Waals surface area contributed by atoms with Crippen molar-refractivity contribution in [1.82, 2.24) is 9.88 Å². The molecule has 5 nitrogen and oxygen atoms in total. The predicted molar refractivity (Wildman–Crippen MR) is 87.5 cm³/mol. The Morgan fingerprint density at radius 3 is 2.70 bits per heavy atom. The highest BCUT2D eigenvalue weighted by atomic mass is 16.5. The van der Waals surface area contributed by atoms with Gasteiger partial charge in [0.25, 0.3) is 5.91 Å². The molecule has 120 valence electrons. The molecular weight excluding hydrogens is 292 g/mol. The normalized spacial score (nSPS) is 17.1. The first-order chi connectivity index (χ1) is 11.2. The van der Waals surface area contributed by atoms with E-state index in [9.17, 15) is 9.59 Å². The molecule has 1 aromatic heterocycles. The van der Waals surface area contributed by atoms with E-state index in [1.807, 2.05) is 23.1 Å². The summed E-state index contributed by atoms with van der Waals surface area (Å²) in [4.78, 5) is 28.4. The third-order valence-electron chi connectivity index (χ3n) is 4.12. The lowest BCUT2D eigenvalue weighted by atomic mass is 10.1. The minimum Gasteiger partial charge on any atom is -0.379 e. The van der Waals surface area contributed by atoms with Crippen LogP contribution in [0.4, 0.5) is 0 Å². The molecule has 1 fully saturated rings. The Morgan fingerprint density at radius 1 is 1.22 bits per heavy atom. The molecular formula is C18H20N2O3. The molecule has 1 saturated heterocycles. The number of nitrogens with zero attached hydrogens (tertiary/aromatic N) is 1. The quantitative estimate of drug-likeness (QED) is 0.916. The zero-order valence-corrected chi connectivity index (χ0v) is 12.9. The van der Waals surface area contributed by atoms with E-state index in [0.29, 0.717) is 25.3 Å². The van der Waals surface area contributed by atoms with E-state index < -0.39 is 0 Å². The van der Waals surface area contributed by atoms with Gasteiger partial charge in [0.1, 0.15) is 0 Å². The highest BCUT2D eigenvalue weighted by Crippen LogP contribution is 2.16. The third kappa shape index (κ3) is 3.87. The minimum atomic E-state index is -0.207. The average Bonchev–Trinajstić information content (AvgIpc) is 3.11. The minimum absolute atomic E-state index is 0.0623. The Balaban J connectivity index is 1.76. The second-order valence-corrected chi connectivity index (χ2v) is 5.69. The number of nitrogens with one attached hydrogen (secondary N) is 1. The topological polar surface area (TPSA) is 62.4 Å². The largest absolute Gasteiger partial charge is 0.379 e. The summed E-state index contributed by atoms with van der Waals surface area (Å²) >= 11 is 0. The average molecular weight is 312 g/mol. The first kappa shape index (κ1) is 15.5.